The average molecular weight is 1090 g/mol. The predicted molar refractivity (Wildman–Crippen MR) is 237 cm³/mol. The van der Waals surface area contributed by atoms with E-state index in [1.165, 1.54) is 21.5 Å². The van der Waals surface area contributed by atoms with Gasteiger partial charge in [-0.2, -0.15) is 0 Å². The van der Waals surface area contributed by atoms with E-state index in [4.69, 9.17) is 0 Å². The van der Waals surface area contributed by atoms with Gasteiger partial charge in [-0.05, 0) is 54.1 Å². The van der Waals surface area contributed by atoms with Crippen molar-refractivity contribution in [3.63, 3.8) is 0 Å². The standard InChI is InChI=1S/C26H24OPS.C24BF20/c1-29(27)26-19-11-12-22(20-26)21-28(23-13-5-2-6-14-23,24-15-7-3-8-16-24)25-17-9-4-10-18-25;26-5-1(6(27)14(35)21(42)13(5)34)25(2-7(28)15(36)22(43)16(37)8(2)29,3-9(30)17(38)23(44)18(39)10(3)31)4-11(32)19(40)24(45)20(41)12(4)33/h2-20H,21H2,1H3;/q+1;-1. The molecule has 0 aromatic heterocycles. The maximum Gasteiger partial charge on any atom is 0.200 e. The Labute approximate surface area is 407 Å². The summed E-state index contributed by atoms with van der Waals surface area (Å²) in [6.07, 6.45) is -4.57. The van der Waals surface area contributed by atoms with Crippen molar-refractivity contribution in [2.75, 3.05) is 6.26 Å². The van der Waals surface area contributed by atoms with Crippen LogP contribution in [-0.4, -0.2) is 16.6 Å². The van der Waals surface area contributed by atoms with Gasteiger partial charge in [0.05, 0.1) is 6.16 Å². The highest BCUT2D eigenvalue weighted by molar-refractivity contribution is 7.95. The lowest BCUT2D eigenvalue weighted by Gasteiger charge is -2.44. The topological polar surface area (TPSA) is 17.1 Å². The third kappa shape index (κ3) is 8.80. The lowest BCUT2D eigenvalue weighted by molar-refractivity contribution is 0.378. The predicted octanol–water partition coefficient (Wildman–Crippen LogP) is 10.8. The summed E-state index contributed by atoms with van der Waals surface area (Å²) >= 11 is 0. The van der Waals surface area contributed by atoms with Crippen LogP contribution in [0.1, 0.15) is 5.56 Å². The molecule has 1 atom stereocenters. The number of halogens is 20. The highest BCUT2D eigenvalue weighted by Crippen LogP contribution is 2.58. The van der Waals surface area contributed by atoms with Crippen LogP contribution in [0.5, 0.6) is 0 Å². The Morgan fingerprint density at radius 2 is 0.554 bits per heavy atom. The fraction of sp³-hybridized carbons (Fsp3) is 0.0400. The van der Waals surface area contributed by atoms with E-state index in [1.54, 1.807) is 6.26 Å². The molecular weight excluding hydrogens is 1070 g/mol. The summed E-state index contributed by atoms with van der Waals surface area (Å²) in [5.41, 5.74) is -13.1. The quantitative estimate of drug-likeness (QED) is 0.0439. The number of hydrogen-bond acceptors (Lipinski definition) is 1. The fourth-order valence-corrected chi connectivity index (χ4v) is 13.6. The van der Waals surface area contributed by atoms with E-state index < -0.39 is 162 Å². The lowest BCUT2D eigenvalue weighted by atomic mass is 9.12. The van der Waals surface area contributed by atoms with E-state index in [9.17, 15) is 56.9 Å². The van der Waals surface area contributed by atoms with Crippen molar-refractivity contribution < 1.29 is 92.0 Å². The summed E-state index contributed by atoms with van der Waals surface area (Å²) < 4.78 is 306. The van der Waals surface area contributed by atoms with Crippen LogP contribution in [0.2, 0.25) is 0 Å². The minimum absolute atomic E-state index is 0.884. The van der Waals surface area contributed by atoms with Gasteiger partial charge in [-0.15, -0.1) is 21.9 Å². The molecule has 8 aromatic carbocycles. The van der Waals surface area contributed by atoms with Crippen molar-refractivity contribution in [3.8, 4) is 0 Å². The fourth-order valence-electron chi connectivity index (χ4n) is 8.74. The van der Waals surface area contributed by atoms with Crippen LogP contribution in [0.4, 0.5) is 87.8 Å². The van der Waals surface area contributed by atoms with E-state index in [-0.39, 0.29) is 0 Å². The second kappa shape index (κ2) is 21.1. The highest BCUT2D eigenvalue weighted by atomic mass is 32.2. The van der Waals surface area contributed by atoms with Crippen LogP contribution < -0.4 is 37.8 Å². The Balaban J connectivity index is 0.000000237. The van der Waals surface area contributed by atoms with Crippen molar-refractivity contribution in [2.45, 2.75) is 11.1 Å². The van der Waals surface area contributed by atoms with Crippen molar-refractivity contribution in [2.24, 2.45) is 0 Å². The zero-order chi connectivity index (χ0) is 54.5. The Morgan fingerprint density at radius 1 is 0.324 bits per heavy atom. The minimum atomic E-state index is -7.22. The highest BCUT2D eigenvalue weighted by Gasteiger charge is 2.52. The van der Waals surface area contributed by atoms with Gasteiger partial charge in [-0.25, -0.2) is 87.8 Å². The first-order chi connectivity index (χ1) is 34.9. The molecule has 0 radical (unpaired) electrons. The molecule has 0 N–H and O–H groups in total. The van der Waals surface area contributed by atoms with Crippen molar-refractivity contribution in [3.05, 3.63) is 237 Å². The van der Waals surface area contributed by atoms with Gasteiger partial charge < -0.3 is 0 Å². The van der Waals surface area contributed by atoms with Gasteiger partial charge in [0.1, 0.15) is 75.9 Å². The molecule has 1 nitrogen and oxygen atoms in total. The molecule has 0 saturated heterocycles. The Morgan fingerprint density at radius 3 is 0.784 bits per heavy atom. The second-order valence-corrected chi connectivity index (χ2v) is 20.7. The van der Waals surface area contributed by atoms with Gasteiger partial charge in [0.25, 0.3) is 0 Å². The molecule has 0 heterocycles. The number of benzene rings is 8. The molecule has 0 aliphatic rings. The smallest absolute Gasteiger partial charge is 0.200 e. The zero-order valence-electron chi connectivity index (χ0n) is 36.6. The monoisotopic (exact) mass is 1090 g/mol. The largest absolute Gasteiger partial charge is 0.255 e. The molecule has 0 spiro atoms. The molecule has 24 heteroatoms. The number of rotatable bonds is 10. The first-order valence-electron chi connectivity index (χ1n) is 20.6. The molecule has 74 heavy (non-hydrogen) atoms. The van der Waals surface area contributed by atoms with Crippen molar-refractivity contribution in [1.82, 2.24) is 0 Å². The first-order valence-corrected chi connectivity index (χ1v) is 24.1. The molecule has 0 aliphatic heterocycles. The van der Waals surface area contributed by atoms with Gasteiger partial charge in [-0.3, -0.25) is 4.21 Å². The molecule has 0 bridgehead atoms. The molecule has 8 aromatic rings. The summed E-state index contributed by atoms with van der Waals surface area (Å²) in [4.78, 5) is 0.884. The van der Waals surface area contributed by atoms with E-state index in [2.05, 4.69) is 103 Å². The molecule has 0 aliphatic carbocycles. The summed E-state index contributed by atoms with van der Waals surface area (Å²) in [5.74, 6) is -71.4. The molecule has 8 rings (SSSR count). The number of hydrogen-bond donors (Lipinski definition) is 0. The van der Waals surface area contributed by atoms with Crippen LogP contribution in [0.15, 0.2) is 120 Å². The van der Waals surface area contributed by atoms with Crippen molar-refractivity contribution in [1.29, 1.82) is 0 Å². The van der Waals surface area contributed by atoms with Gasteiger partial charge in [0.2, 0.25) is 0 Å². The van der Waals surface area contributed by atoms with Crippen LogP contribution in [0.25, 0.3) is 0 Å². The van der Waals surface area contributed by atoms with Gasteiger partial charge in [0.15, 0.2) is 69.8 Å². The maximum absolute atomic E-state index is 15.4. The minimum Gasteiger partial charge on any atom is -0.255 e. The van der Waals surface area contributed by atoms with E-state index in [0.717, 1.165) is 11.1 Å². The second-order valence-electron chi connectivity index (χ2n) is 15.9. The van der Waals surface area contributed by atoms with Crippen LogP contribution in [0, 0.1) is 116 Å². The lowest BCUT2D eigenvalue weighted by Crippen LogP contribution is -2.81. The van der Waals surface area contributed by atoms with Crippen LogP contribution in [-0.2, 0) is 17.0 Å². The zero-order valence-corrected chi connectivity index (χ0v) is 38.3. The maximum atomic E-state index is 15.4. The summed E-state index contributed by atoms with van der Waals surface area (Å²) in [5, 5.41) is 4.08. The van der Waals surface area contributed by atoms with Crippen LogP contribution in [0.3, 0.4) is 0 Å². The van der Waals surface area contributed by atoms with E-state index in [1.807, 2.05) is 12.1 Å². The SMILES string of the molecule is CS(=O)c1cccc(C[P+](c2ccccc2)(c2ccccc2)c2ccccc2)c1.Fc1c(F)c(F)c([B-](c2c(F)c(F)c(F)c(F)c2F)(c2c(F)c(F)c(F)c(F)c2F)c2c(F)c(F)c(F)c(F)c2F)c(F)c1F. The molecular formula is C50H24BF20OPS. The van der Waals surface area contributed by atoms with Crippen molar-refractivity contribution >= 4 is 62.0 Å². The van der Waals surface area contributed by atoms with E-state index in [0.29, 0.717) is 0 Å². The van der Waals surface area contributed by atoms with Gasteiger partial charge in [0, 0.05) is 22.0 Å². The Kier molecular flexibility index (Phi) is 15.6. The van der Waals surface area contributed by atoms with Crippen LogP contribution >= 0.6 is 7.26 Å². The average Bonchev–Trinajstić information content (AvgIpc) is 3.41. The molecule has 0 fully saturated rings. The first kappa shape index (κ1) is 54.8. The Hall–Kier alpha value is -7.00. The van der Waals surface area contributed by atoms with E-state index >= 15 is 35.1 Å². The van der Waals surface area contributed by atoms with Gasteiger partial charge >= 0.3 is 0 Å². The van der Waals surface area contributed by atoms with Gasteiger partial charge in [-0.1, -0.05) is 66.7 Å². The summed E-state index contributed by atoms with van der Waals surface area (Å²) in [6.45, 7) is 0. The molecule has 0 saturated carbocycles. The third-order valence-electron chi connectivity index (χ3n) is 11.9. The molecule has 1 unspecified atom stereocenters. The summed E-state index contributed by atoms with van der Waals surface area (Å²) in [7, 11) is -2.91. The summed E-state index contributed by atoms with van der Waals surface area (Å²) in [6, 6.07) is 40.8. The Bertz CT molecular complexity index is 3040. The molecule has 384 valence electrons. The normalized spacial score (nSPS) is 12.2. The molecule has 0 amide bonds. The third-order valence-corrected chi connectivity index (χ3v) is 17.2.